The van der Waals surface area contributed by atoms with E-state index < -0.39 is 0 Å². The largest absolute Gasteiger partial charge is 0.456 e. The molecule has 1 amide bonds. The van der Waals surface area contributed by atoms with Crippen molar-refractivity contribution in [3.63, 3.8) is 0 Å². The van der Waals surface area contributed by atoms with Crippen LogP contribution in [0.3, 0.4) is 0 Å². The summed E-state index contributed by atoms with van der Waals surface area (Å²) in [5.74, 6) is 1.31. The van der Waals surface area contributed by atoms with Crippen molar-refractivity contribution in [2.45, 2.75) is 26.7 Å². The van der Waals surface area contributed by atoms with Gasteiger partial charge in [-0.05, 0) is 44.7 Å². The lowest BCUT2D eigenvalue weighted by Crippen LogP contribution is -2.18. The van der Waals surface area contributed by atoms with Crippen molar-refractivity contribution >= 4 is 11.6 Å². The third-order valence-electron chi connectivity index (χ3n) is 2.47. The lowest BCUT2D eigenvalue weighted by Gasteiger charge is -1.98. The van der Waals surface area contributed by atoms with E-state index in [1.54, 1.807) is 19.1 Å². The lowest BCUT2D eigenvalue weighted by molar-refractivity contribution is 0.0925. The molecule has 4 nitrogen and oxygen atoms in total. The summed E-state index contributed by atoms with van der Waals surface area (Å²) in [6, 6.07) is 3.40. The number of carbonyl (C=O) groups excluding carboxylic acids is 1. The molecule has 1 N–H and O–H groups in total. The molecule has 0 aliphatic heterocycles. The highest BCUT2D eigenvalue weighted by molar-refractivity contribution is 5.93. The fourth-order valence-corrected chi connectivity index (χ4v) is 1.34. The molecule has 0 aromatic carbocycles. The smallest absolute Gasteiger partial charge is 0.307 e. The number of furan rings is 1. The molecule has 0 unspecified atom stereocenters. The molecule has 4 heteroatoms. The van der Waals surface area contributed by atoms with Crippen molar-refractivity contribution in [2.75, 3.05) is 0 Å². The number of hydrogen-bond donors (Lipinski definition) is 1. The third-order valence-corrected chi connectivity index (χ3v) is 2.47. The zero-order valence-electron chi connectivity index (χ0n) is 8.91. The van der Waals surface area contributed by atoms with Crippen LogP contribution in [-0.2, 0) is 0 Å². The maximum Gasteiger partial charge on any atom is 0.307 e. The van der Waals surface area contributed by atoms with Crippen LogP contribution in [0.5, 0.6) is 0 Å². The van der Waals surface area contributed by atoms with E-state index in [4.69, 9.17) is 4.42 Å². The standard InChI is InChI=1S/C11H14N2O2/c1-7-3-6-10(15-7)11(14)13-12-8(2)9-4-5-9/h3,6,9H,4-5H2,1-2H3,(H,13,14)/b12-8+. The van der Waals surface area contributed by atoms with Gasteiger partial charge in [0.05, 0.1) is 0 Å². The first-order chi connectivity index (χ1) is 7.16. The van der Waals surface area contributed by atoms with Crippen LogP contribution in [0, 0.1) is 12.8 Å². The molecule has 1 aliphatic rings. The van der Waals surface area contributed by atoms with Gasteiger partial charge in [0.2, 0.25) is 0 Å². The van der Waals surface area contributed by atoms with Gasteiger partial charge in [-0.25, -0.2) is 5.43 Å². The van der Waals surface area contributed by atoms with Crippen molar-refractivity contribution in [1.29, 1.82) is 0 Å². The molecule has 0 saturated heterocycles. The van der Waals surface area contributed by atoms with Crippen LogP contribution in [-0.4, -0.2) is 11.6 Å². The average molecular weight is 206 g/mol. The number of amides is 1. The minimum absolute atomic E-state index is 0.289. The Morgan fingerprint density at radius 3 is 2.80 bits per heavy atom. The molecule has 1 saturated carbocycles. The molecule has 1 aliphatic carbocycles. The van der Waals surface area contributed by atoms with Crippen LogP contribution < -0.4 is 5.43 Å². The van der Waals surface area contributed by atoms with Gasteiger partial charge >= 0.3 is 5.91 Å². The molecule has 0 bridgehead atoms. The number of carbonyl (C=O) groups is 1. The Hall–Kier alpha value is -1.58. The maximum absolute atomic E-state index is 11.5. The summed E-state index contributed by atoms with van der Waals surface area (Å²) in [7, 11) is 0. The summed E-state index contributed by atoms with van der Waals surface area (Å²) in [5.41, 5.74) is 3.48. The summed E-state index contributed by atoms with van der Waals surface area (Å²) in [5, 5.41) is 4.03. The second-order valence-electron chi connectivity index (χ2n) is 3.88. The van der Waals surface area contributed by atoms with Gasteiger partial charge in [0.1, 0.15) is 5.76 Å². The van der Waals surface area contributed by atoms with Crippen LogP contribution in [0.25, 0.3) is 0 Å². The van der Waals surface area contributed by atoms with Crippen LogP contribution in [0.15, 0.2) is 21.7 Å². The highest BCUT2D eigenvalue weighted by atomic mass is 16.3. The van der Waals surface area contributed by atoms with E-state index in [1.807, 2.05) is 6.92 Å². The molecular formula is C11H14N2O2. The van der Waals surface area contributed by atoms with Crippen LogP contribution in [0.2, 0.25) is 0 Å². The van der Waals surface area contributed by atoms with Crippen molar-refractivity contribution in [3.05, 3.63) is 23.7 Å². The van der Waals surface area contributed by atoms with E-state index in [2.05, 4.69) is 10.5 Å². The number of nitrogens with zero attached hydrogens (tertiary/aromatic N) is 1. The molecule has 0 radical (unpaired) electrons. The Balaban J connectivity index is 1.94. The lowest BCUT2D eigenvalue weighted by atomic mass is 10.3. The SMILES string of the molecule is C/C(=N\NC(=O)c1ccc(C)o1)C1CC1. The zero-order valence-corrected chi connectivity index (χ0v) is 8.91. The monoisotopic (exact) mass is 206 g/mol. The molecule has 15 heavy (non-hydrogen) atoms. The van der Waals surface area contributed by atoms with E-state index in [1.165, 1.54) is 12.8 Å². The quantitative estimate of drug-likeness (QED) is 0.608. The second kappa shape index (κ2) is 3.88. The summed E-state index contributed by atoms with van der Waals surface area (Å²) in [6.45, 7) is 3.74. The van der Waals surface area contributed by atoms with Gasteiger partial charge in [0.25, 0.3) is 0 Å². The highest BCUT2D eigenvalue weighted by Gasteiger charge is 2.24. The van der Waals surface area contributed by atoms with Crippen LogP contribution in [0.1, 0.15) is 36.1 Å². The molecule has 1 aromatic heterocycles. The van der Waals surface area contributed by atoms with Crippen molar-refractivity contribution in [2.24, 2.45) is 11.0 Å². The second-order valence-corrected chi connectivity index (χ2v) is 3.88. The van der Waals surface area contributed by atoms with Gasteiger partial charge in [-0.3, -0.25) is 4.79 Å². The van der Waals surface area contributed by atoms with E-state index in [9.17, 15) is 4.79 Å². The first kappa shape index (κ1) is 9.96. The maximum atomic E-state index is 11.5. The first-order valence-corrected chi connectivity index (χ1v) is 5.08. The van der Waals surface area contributed by atoms with Crippen LogP contribution >= 0.6 is 0 Å². The predicted molar refractivity (Wildman–Crippen MR) is 56.7 cm³/mol. The number of aryl methyl sites for hydroxylation is 1. The topological polar surface area (TPSA) is 54.6 Å². The molecule has 1 aromatic rings. The number of hydrogen-bond acceptors (Lipinski definition) is 3. The Kier molecular flexibility index (Phi) is 2.58. The van der Waals surface area contributed by atoms with Crippen LogP contribution in [0.4, 0.5) is 0 Å². The fraction of sp³-hybridized carbons (Fsp3) is 0.455. The van der Waals surface area contributed by atoms with Gasteiger partial charge in [-0.15, -0.1) is 0 Å². The highest BCUT2D eigenvalue weighted by Crippen LogP contribution is 2.30. The van der Waals surface area contributed by atoms with Gasteiger partial charge in [-0.2, -0.15) is 5.10 Å². The first-order valence-electron chi connectivity index (χ1n) is 5.08. The third kappa shape index (κ3) is 2.46. The minimum Gasteiger partial charge on any atom is -0.456 e. The van der Waals surface area contributed by atoms with E-state index in [-0.39, 0.29) is 5.91 Å². The van der Waals surface area contributed by atoms with Crippen molar-refractivity contribution in [1.82, 2.24) is 5.43 Å². The van der Waals surface area contributed by atoms with Gasteiger partial charge in [0, 0.05) is 5.71 Å². The Bertz CT molecular complexity index is 402. The summed E-state index contributed by atoms with van der Waals surface area (Å²) < 4.78 is 5.17. The van der Waals surface area contributed by atoms with Crippen molar-refractivity contribution < 1.29 is 9.21 Å². The molecule has 0 atom stereocenters. The minimum atomic E-state index is -0.289. The molecule has 2 rings (SSSR count). The summed E-state index contributed by atoms with van der Waals surface area (Å²) in [6.07, 6.45) is 2.37. The summed E-state index contributed by atoms with van der Waals surface area (Å²) >= 11 is 0. The number of hydrazone groups is 1. The molecule has 0 spiro atoms. The Morgan fingerprint density at radius 2 is 2.27 bits per heavy atom. The van der Waals surface area contributed by atoms with Gasteiger partial charge < -0.3 is 4.42 Å². The molecule has 1 fully saturated rings. The normalized spacial score (nSPS) is 16.5. The predicted octanol–water partition coefficient (Wildman–Crippen LogP) is 2.10. The summed E-state index contributed by atoms with van der Waals surface area (Å²) in [4.78, 5) is 11.5. The fourth-order valence-electron chi connectivity index (χ4n) is 1.34. The van der Waals surface area contributed by atoms with E-state index in [0.717, 1.165) is 11.5 Å². The molecule has 80 valence electrons. The molecular weight excluding hydrogens is 192 g/mol. The Labute approximate surface area is 88.4 Å². The average Bonchev–Trinajstić information content (AvgIpc) is 2.97. The number of rotatable bonds is 3. The van der Waals surface area contributed by atoms with E-state index >= 15 is 0 Å². The Morgan fingerprint density at radius 1 is 1.53 bits per heavy atom. The van der Waals surface area contributed by atoms with Gasteiger partial charge in [-0.1, -0.05) is 0 Å². The number of nitrogens with one attached hydrogen (secondary N) is 1. The van der Waals surface area contributed by atoms with Crippen molar-refractivity contribution in [3.8, 4) is 0 Å². The van der Waals surface area contributed by atoms with E-state index in [0.29, 0.717) is 11.7 Å². The zero-order chi connectivity index (χ0) is 10.8. The molecule has 1 heterocycles. The van der Waals surface area contributed by atoms with Gasteiger partial charge in [0.15, 0.2) is 5.76 Å².